The zero-order valence-electron chi connectivity index (χ0n) is 26.2. The number of nitrogens with zero attached hydrogens (tertiary/aromatic N) is 2. The summed E-state index contributed by atoms with van der Waals surface area (Å²) in [7, 11) is 0. The second-order valence-corrected chi connectivity index (χ2v) is 11.7. The Hall–Kier alpha value is -5.69. The van der Waals surface area contributed by atoms with Crippen molar-refractivity contribution in [2.24, 2.45) is 10.9 Å². The molecule has 7 rings (SSSR count). The Morgan fingerprint density at radius 3 is 2.30 bits per heavy atom. The Labute approximate surface area is 273 Å². The van der Waals surface area contributed by atoms with E-state index in [9.17, 15) is 9.59 Å². The van der Waals surface area contributed by atoms with Gasteiger partial charge in [-0.2, -0.15) is 0 Å². The molecular formula is C40H35N3O4. The molecule has 2 heterocycles. The van der Waals surface area contributed by atoms with Crippen molar-refractivity contribution in [2.75, 3.05) is 25.0 Å². The SMILES string of the molecule is CCOC(=O)C1CCN(C(=O)c2ccccc2-c2c3cc/c(=N\c4ccccc4)cc-3oc3cc(Nc4ccccc4)ccc23)CC1. The van der Waals surface area contributed by atoms with Crippen molar-refractivity contribution in [3.63, 3.8) is 0 Å². The molecule has 234 valence electrons. The molecule has 0 aromatic heterocycles. The molecule has 1 amide bonds. The van der Waals surface area contributed by atoms with E-state index in [2.05, 4.69) is 5.32 Å². The maximum atomic E-state index is 14.1. The summed E-state index contributed by atoms with van der Waals surface area (Å²) in [6.07, 6.45) is 1.18. The van der Waals surface area contributed by atoms with Crippen molar-refractivity contribution < 1.29 is 18.7 Å². The number of carbonyl (C=O) groups excluding carboxylic acids is 2. The number of carbonyl (C=O) groups is 2. The molecule has 7 nitrogen and oxygen atoms in total. The molecule has 7 heteroatoms. The standard InChI is InChI=1S/C40H35N3O4/c1-2-46-40(45)27-21-23-43(24-22-27)39(44)33-16-10-9-15-32(33)38-34-19-17-30(41-28-11-5-3-6-12-28)25-36(34)47-37-26-31(18-20-35(37)38)42-29-13-7-4-8-14-29/h3-20,25-27,41H,2,21-24H2,1H3/b42-31+. The molecule has 1 N–H and O–H groups in total. The summed E-state index contributed by atoms with van der Waals surface area (Å²) in [5.41, 5.74) is 6.63. The van der Waals surface area contributed by atoms with Crippen LogP contribution >= 0.6 is 0 Å². The number of esters is 1. The highest BCUT2D eigenvalue weighted by Gasteiger charge is 2.30. The number of fused-ring (bicyclic) bond motifs is 2. The van der Waals surface area contributed by atoms with Crippen molar-refractivity contribution in [3.05, 3.63) is 132 Å². The fourth-order valence-corrected chi connectivity index (χ4v) is 6.29. The number of ether oxygens (including phenoxy) is 1. The Morgan fingerprint density at radius 2 is 1.53 bits per heavy atom. The minimum absolute atomic E-state index is 0.0527. The predicted molar refractivity (Wildman–Crippen MR) is 185 cm³/mol. The first-order chi connectivity index (χ1) is 23.1. The second kappa shape index (κ2) is 13.3. The number of likely N-dealkylation sites (tertiary alicyclic amines) is 1. The van der Waals surface area contributed by atoms with Crippen LogP contribution < -0.4 is 10.7 Å². The zero-order chi connectivity index (χ0) is 32.2. The van der Waals surface area contributed by atoms with Crippen LogP contribution in [0.25, 0.3) is 33.4 Å². The van der Waals surface area contributed by atoms with Crippen LogP contribution in [-0.4, -0.2) is 36.5 Å². The van der Waals surface area contributed by atoms with Gasteiger partial charge in [0.15, 0.2) is 0 Å². The number of amides is 1. The van der Waals surface area contributed by atoms with Gasteiger partial charge < -0.3 is 19.4 Å². The summed E-state index contributed by atoms with van der Waals surface area (Å²) >= 11 is 0. The van der Waals surface area contributed by atoms with Crippen molar-refractivity contribution >= 4 is 39.9 Å². The predicted octanol–water partition coefficient (Wildman–Crippen LogP) is 8.60. The van der Waals surface area contributed by atoms with Crippen LogP contribution in [0.2, 0.25) is 0 Å². The highest BCUT2D eigenvalue weighted by atomic mass is 16.5. The van der Waals surface area contributed by atoms with E-state index in [1.807, 2.05) is 133 Å². The Balaban J connectivity index is 1.33. The van der Waals surface area contributed by atoms with Crippen LogP contribution in [-0.2, 0) is 9.53 Å². The Bertz CT molecular complexity index is 2080. The number of rotatable bonds is 7. The number of benzene rings is 5. The molecule has 0 unspecified atom stereocenters. The van der Waals surface area contributed by atoms with Crippen molar-refractivity contribution in [1.82, 2.24) is 4.90 Å². The number of para-hydroxylation sites is 2. The van der Waals surface area contributed by atoms with E-state index in [-0.39, 0.29) is 17.8 Å². The minimum atomic E-state index is -0.175. The third kappa shape index (κ3) is 6.38. The first-order valence-corrected chi connectivity index (χ1v) is 16.0. The summed E-state index contributed by atoms with van der Waals surface area (Å²) in [5, 5.41) is 5.13. The molecule has 47 heavy (non-hydrogen) atoms. The van der Waals surface area contributed by atoms with Gasteiger partial charge in [-0.15, -0.1) is 0 Å². The molecule has 1 saturated heterocycles. The van der Waals surface area contributed by atoms with Crippen LogP contribution in [0.4, 0.5) is 17.1 Å². The number of piperidine rings is 1. The molecule has 4 aromatic carbocycles. The van der Waals surface area contributed by atoms with Crippen LogP contribution in [0.1, 0.15) is 30.1 Å². The molecule has 4 aromatic rings. The second-order valence-electron chi connectivity index (χ2n) is 11.7. The molecule has 0 bridgehead atoms. The van der Waals surface area contributed by atoms with Gasteiger partial charge in [-0.25, -0.2) is 4.99 Å². The molecule has 3 aliphatic rings. The summed E-state index contributed by atoms with van der Waals surface area (Å²) < 4.78 is 11.8. The lowest BCUT2D eigenvalue weighted by molar-refractivity contribution is -0.149. The smallest absolute Gasteiger partial charge is 0.309 e. The van der Waals surface area contributed by atoms with Gasteiger partial charge in [-0.1, -0.05) is 54.6 Å². The van der Waals surface area contributed by atoms with E-state index in [4.69, 9.17) is 14.1 Å². The number of hydrogen-bond donors (Lipinski definition) is 1. The van der Waals surface area contributed by atoms with E-state index in [0.717, 1.165) is 44.5 Å². The lowest BCUT2D eigenvalue weighted by Crippen LogP contribution is -2.40. The van der Waals surface area contributed by atoms with Crippen LogP contribution in [0.3, 0.4) is 0 Å². The highest BCUT2D eigenvalue weighted by Crippen LogP contribution is 2.42. The van der Waals surface area contributed by atoms with Crippen molar-refractivity contribution in [3.8, 4) is 22.5 Å². The maximum Gasteiger partial charge on any atom is 0.309 e. The third-order valence-corrected chi connectivity index (χ3v) is 8.61. The molecule has 1 fully saturated rings. The summed E-state index contributed by atoms with van der Waals surface area (Å²) in [5.74, 6) is 0.264. The lowest BCUT2D eigenvalue weighted by Gasteiger charge is -2.31. The maximum absolute atomic E-state index is 14.1. The van der Waals surface area contributed by atoms with Gasteiger partial charge in [-0.3, -0.25) is 9.59 Å². The summed E-state index contributed by atoms with van der Waals surface area (Å²) in [6, 6.07) is 39.6. The molecular weight excluding hydrogens is 586 g/mol. The largest absolute Gasteiger partial charge is 0.466 e. The van der Waals surface area contributed by atoms with Crippen LogP contribution in [0.5, 0.6) is 0 Å². The average Bonchev–Trinajstić information content (AvgIpc) is 3.11. The van der Waals surface area contributed by atoms with Crippen molar-refractivity contribution in [1.29, 1.82) is 0 Å². The molecule has 0 atom stereocenters. The van der Waals surface area contributed by atoms with Gasteiger partial charge in [0.2, 0.25) is 0 Å². The number of anilines is 2. The average molecular weight is 622 g/mol. The fraction of sp³-hybridized carbons (Fsp3) is 0.175. The highest BCUT2D eigenvalue weighted by molar-refractivity contribution is 6.09. The first kappa shape index (κ1) is 30.0. The molecule has 0 spiro atoms. The molecule has 2 aliphatic heterocycles. The van der Waals surface area contributed by atoms with Gasteiger partial charge in [0.1, 0.15) is 11.3 Å². The summed E-state index contributed by atoms with van der Waals surface area (Å²) in [4.78, 5) is 33.2. The fourth-order valence-electron chi connectivity index (χ4n) is 6.29. The van der Waals surface area contributed by atoms with Gasteiger partial charge in [0, 0.05) is 58.7 Å². The van der Waals surface area contributed by atoms with Gasteiger partial charge in [0.25, 0.3) is 5.91 Å². The number of hydrogen-bond acceptors (Lipinski definition) is 6. The minimum Gasteiger partial charge on any atom is -0.466 e. The lowest BCUT2D eigenvalue weighted by atomic mass is 9.89. The summed E-state index contributed by atoms with van der Waals surface area (Å²) in [6.45, 7) is 3.18. The topological polar surface area (TPSA) is 84.1 Å². The van der Waals surface area contributed by atoms with Crippen LogP contribution in [0.15, 0.2) is 131 Å². The van der Waals surface area contributed by atoms with Crippen LogP contribution in [0, 0.1) is 5.92 Å². The molecule has 0 saturated carbocycles. The van der Waals surface area contributed by atoms with Crippen molar-refractivity contribution in [2.45, 2.75) is 19.8 Å². The molecule has 1 aliphatic carbocycles. The van der Waals surface area contributed by atoms with E-state index < -0.39 is 0 Å². The zero-order valence-corrected chi connectivity index (χ0v) is 26.2. The normalized spacial score (nSPS) is 14.0. The first-order valence-electron chi connectivity index (χ1n) is 16.0. The Morgan fingerprint density at radius 1 is 0.809 bits per heavy atom. The third-order valence-electron chi connectivity index (χ3n) is 8.61. The quantitative estimate of drug-likeness (QED) is 0.143. The number of nitrogens with one attached hydrogen (secondary N) is 1. The van der Waals surface area contributed by atoms with Gasteiger partial charge >= 0.3 is 5.97 Å². The van der Waals surface area contributed by atoms with Gasteiger partial charge in [-0.05, 0) is 79.9 Å². The monoisotopic (exact) mass is 621 g/mol. The van der Waals surface area contributed by atoms with E-state index in [1.165, 1.54) is 0 Å². The van der Waals surface area contributed by atoms with E-state index >= 15 is 0 Å². The molecule has 0 radical (unpaired) electrons. The Kier molecular flexibility index (Phi) is 8.52. The van der Waals surface area contributed by atoms with Gasteiger partial charge in [0.05, 0.1) is 23.6 Å². The van der Waals surface area contributed by atoms with E-state index in [1.54, 1.807) is 0 Å². The van der Waals surface area contributed by atoms with E-state index in [0.29, 0.717) is 49.4 Å².